The molecule has 0 aliphatic rings. The van der Waals surface area contributed by atoms with Gasteiger partial charge in [-0.25, -0.2) is 5.43 Å². The Bertz CT molecular complexity index is 889. The molecule has 0 unspecified atom stereocenters. The van der Waals surface area contributed by atoms with Gasteiger partial charge in [-0.2, -0.15) is 5.10 Å². The van der Waals surface area contributed by atoms with E-state index in [1.165, 1.54) is 6.21 Å². The number of aromatic hydroxyl groups is 1. The average Bonchev–Trinajstić information content (AvgIpc) is 3.13. The molecule has 0 aliphatic carbocycles. The molecule has 0 fully saturated rings. The van der Waals surface area contributed by atoms with Gasteiger partial charge in [0.25, 0.3) is 5.91 Å². The number of halogens is 1. The van der Waals surface area contributed by atoms with Crippen LogP contribution in [0.3, 0.4) is 0 Å². The third kappa shape index (κ3) is 3.83. The van der Waals surface area contributed by atoms with Gasteiger partial charge in [0.2, 0.25) is 0 Å². The van der Waals surface area contributed by atoms with Crippen LogP contribution in [0, 0.1) is 3.57 Å². The van der Waals surface area contributed by atoms with Gasteiger partial charge >= 0.3 is 0 Å². The summed E-state index contributed by atoms with van der Waals surface area (Å²) >= 11 is 2.03. The summed E-state index contributed by atoms with van der Waals surface area (Å²) in [4.78, 5) is 12.2. The number of aromatic nitrogens is 1. The number of rotatable bonds is 4. The second kappa shape index (κ2) is 7.31. The molecule has 1 aromatic heterocycles. The van der Waals surface area contributed by atoms with E-state index in [2.05, 4.69) is 10.5 Å². The van der Waals surface area contributed by atoms with E-state index < -0.39 is 0 Å². The first kappa shape index (κ1) is 16.3. The number of hydrogen-bond acceptors (Lipinski definition) is 3. The van der Waals surface area contributed by atoms with Crippen molar-refractivity contribution in [1.82, 2.24) is 9.99 Å². The highest BCUT2D eigenvalue weighted by molar-refractivity contribution is 14.1. The second-order valence-electron chi connectivity index (χ2n) is 5.05. The first-order chi connectivity index (χ1) is 11.6. The lowest BCUT2D eigenvalue weighted by molar-refractivity contribution is 0.0955. The summed E-state index contributed by atoms with van der Waals surface area (Å²) in [6.07, 6.45) is 5.37. The van der Waals surface area contributed by atoms with Gasteiger partial charge in [0.15, 0.2) is 0 Å². The van der Waals surface area contributed by atoms with E-state index in [9.17, 15) is 9.90 Å². The highest BCUT2D eigenvalue weighted by Crippen LogP contribution is 2.19. The summed E-state index contributed by atoms with van der Waals surface area (Å²) in [5, 5.41) is 13.5. The van der Waals surface area contributed by atoms with Crippen molar-refractivity contribution in [3.8, 4) is 11.4 Å². The summed E-state index contributed by atoms with van der Waals surface area (Å²) in [5.74, 6) is -0.0626. The molecule has 0 radical (unpaired) electrons. The van der Waals surface area contributed by atoms with E-state index in [0.29, 0.717) is 5.56 Å². The van der Waals surface area contributed by atoms with Gasteiger partial charge in [0.1, 0.15) is 5.75 Å². The summed E-state index contributed by atoms with van der Waals surface area (Å²) < 4.78 is 2.65. The summed E-state index contributed by atoms with van der Waals surface area (Å²) in [6, 6.07) is 16.2. The van der Waals surface area contributed by atoms with E-state index in [4.69, 9.17) is 0 Å². The van der Waals surface area contributed by atoms with Gasteiger partial charge in [-0.15, -0.1) is 0 Å². The summed E-state index contributed by atoms with van der Waals surface area (Å²) in [7, 11) is 0. The number of benzene rings is 2. The highest BCUT2D eigenvalue weighted by Gasteiger charge is 2.05. The molecule has 0 saturated heterocycles. The maximum atomic E-state index is 12.2. The summed E-state index contributed by atoms with van der Waals surface area (Å²) in [5.41, 5.74) is 4.73. The number of nitrogens with zero attached hydrogens (tertiary/aromatic N) is 2. The Hall–Kier alpha value is -2.61. The normalized spacial score (nSPS) is 10.9. The van der Waals surface area contributed by atoms with Crippen LogP contribution in [0.1, 0.15) is 15.9 Å². The molecule has 0 atom stereocenters. The third-order valence-electron chi connectivity index (χ3n) is 3.36. The van der Waals surface area contributed by atoms with Gasteiger partial charge < -0.3 is 9.67 Å². The predicted octanol–water partition coefficient (Wildman–Crippen LogP) is 3.55. The molecule has 120 valence electrons. The number of carbonyl (C=O) groups excluding carboxylic acids is 1. The van der Waals surface area contributed by atoms with Crippen LogP contribution in [-0.4, -0.2) is 21.8 Å². The first-order valence-corrected chi connectivity index (χ1v) is 8.27. The minimum Gasteiger partial charge on any atom is -0.507 e. The van der Waals surface area contributed by atoms with Crippen molar-refractivity contribution in [3.63, 3.8) is 0 Å². The monoisotopic (exact) mass is 431 g/mol. The minimum absolute atomic E-state index is 0.221. The number of hydrazone groups is 1. The van der Waals surface area contributed by atoms with E-state index in [1.54, 1.807) is 30.3 Å². The zero-order valence-electron chi connectivity index (χ0n) is 12.6. The lowest BCUT2D eigenvalue weighted by Gasteiger charge is -2.05. The summed E-state index contributed by atoms with van der Waals surface area (Å²) in [6.45, 7) is 0. The topological polar surface area (TPSA) is 66.6 Å². The maximum Gasteiger partial charge on any atom is 0.271 e. The highest BCUT2D eigenvalue weighted by atomic mass is 127. The standard InChI is InChI=1S/C18H14IN3O2/c19-16-10-13(6-7-17(16)23)12-20-21-18(24)14-4-3-5-15(11-14)22-8-1-2-9-22/h1-12,23H,(H,21,24)/b20-12+. The van der Waals surface area contributed by atoms with E-state index in [0.717, 1.165) is 14.8 Å². The Labute approximate surface area is 152 Å². The third-order valence-corrected chi connectivity index (χ3v) is 4.23. The average molecular weight is 431 g/mol. The van der Waals surface area contributed by atoms with Gasteiger partial charge in [-0.1, -0.05) is 6.07 Å². The number of amides is 1. The van der Waals surface area contributed by atoms with Gasteiger partial charge in [-0.05, 0) is 76.7 Å². The predicted molar refractivity (Wildman–Crippen MR) is 102 cm³/mol. The number of nitrogens with one attached hydrogen (secondary N) is 1. The van der Waals surface area contributed by atoms with E-state index >= 15 is 0 Å². The number of carbonyl (C=O) groups is 1. The number of hydrogen-bond donors (Lipinski definition) is 2. The molecule has 3 aromatic rings. The molecule has 0 aliphatic heterocycles. The van der Waals surface area contributed by atoms with Gasteiger partial charge in [0, 0.05) is 23.6 Å². The SMILES string of the molecule is O=C(N/N=C/c1ccc(O)c(I)c1)c1cccc(-n2cccc2)c1. The van der Waals surface area contributed by atoms with Crippen molar-refractivity contribution < 1.29 is 9.90 Å². The fourth-order valence-electron chi connectivity index (χ4n) is 2.15. The Balaban J connectivity index is 1.70. The lowest BCUT2D eigenvalue weighted by atomic mass is 10.2. The molecular formula is C18H14IN3O2. The number of phenols is 1. The first-order valence-electron chi connectivity index (χ1n) is 7.19. The smallest absolute Gasteiger partial charge is 0.271 e. The van der Waals surface area contributed by atoms with Crippen molar-refractivity contribution in [2.24, 2.45) is 5.10 Å². The van der Waals surface area contributed by atoms with Gasteiger partial charge in [0.05, 0.1) is 9.78 Å². The van der Waals surface area contributed by atoms with E-state index in [1.807, 2.05) is 63.8 Å². The maximum absolute atomic E-state index is 12.2. The van der Waals surface area contributed by atoms with Crippen LogP contribution in [0.15, 0.2) is 72.1 Å². The van der Waals surface area contributed by atoms with Crippen LogP contribution in [-0.2, 0) is 0 Å². The molecule has 5 nitrogen and oxygen atoms in total. The zero-order valence-corrected chi connectivity index (χ0v) is 14.7. The minimum atomic E-state index is -0.284. The fourth-order valence-corrected chi connectivity index (χ4v) is 2.69. The molecule has 24 heavy (non-hydrogen) atoms. The molecule has 1 heterocycles. The van der Waals surface area contributed by atoms with Crippen LogP contribution in [0.5, 0.6) is 5.75 Å². The van der Waals surface area contributed by atoms with Gasteiger partial charge in [-0.3, -0.25) is 4.79 Å². The quantitative estimate of drug-likeness (QED) is 0.377. The molecular weight excluding hydrogens is 417 g/mol. The molecule has 0 saturated carbocycles. The van der Waals surface area contributed by atoms with Crippen LogP contribution in [0.4, 0.5) is 0 Å². The Morgan fingerprint density at radius 1 is 1.12 bits per heavy atom. The van der Waals surface area contributed by atoms with E-state index in [-0.39, 0.29) is 11.7 Å². The zero-order chi connectivity index (χ0) is 16.9. The molecule has 3 rings (SSSR count). The van der Waals surface area contributed by atoms with Crippen LogP contribution in [0.2, 0.25) is 0 Å². The molecule has 2 aromatic carbocycles. The van der Waals surface area contributed by atoms with Crippen molar-refractivity contribution in [2.75, 3.05) is 0 Å². The molecule has 0 bridgehead atoms. The molecule has 6 heteroatoms. The van der Waals surface area contributed by atoms with Crippen LogP contribution in [0.25, 0.3) is 5.69 Å². The van der Waals surface area contributed by atoms with Crippen LogP contribution >= 0.6 is 22.6 Å². The van der Waals surface area contributed by atoms with Crippen LogP contribution < -0.4 is 5.43 Å². The van der Waals surface area contributed by atoms with Crippen molar-refractivity contribution >= 4 is 34.7 Å². The fraction of sp³-hybridized carbons (Fsp3) is 0. The molecule has 2 N–H and O–H groups in total. The Morgan fingerprint density at radius 3 is 2.67 bits per heavy atom. The number of phenolic OH excluding ortho intramolecular Hbond substituents is 1. The van der Waals surface area contributed by atoms with Crippen molar-refractivity contribution in [2.45, 2.75) is 0 Å². The van der Waals surface area contributed by atoms with Crippen molar-refractivity contribution in [1.29, 1.82) is 0 Å². The van der Waals surface area contributed by atoms with Crippen molar-refractivity contribution in [3.05, 3.63) is 81.7 Å². The largest absolute Gasteiger partial charge is 0.507 e. The Kier molecular flexibility index (Phi) is 4.95. The lowest BCUT2D eigenvalue weighted by Crippen LogP contribution is -2.17. The second-order valence-corrected chi connectivity index (χ2v) is 6.21. The molecule has 0 spiro atoms. The Morgan fingerprint density at radius 2 is 1.92 bits per heavy atom. The molecule has 1 amide bonds.